The summed E-state index contributed by atoms with van der Waals surface area (Å²) < 4.78 is 44.8. The van der Waals surface area contributed by atoms with Gasteiger partial charge in [0.2, 0.25) is 5.91 Å². The number of nitrogens with zero attached hydrogens (tertiary/aromatic N) is 3. The van der Waals surface area contributed by atoms with Crippen LogP contribution in [-0.2, 0) is 15.7 Å². The highest BCUT2D eigenvalue weighted by Gasteiger charge is 2.37. The molecule has 1 atom stereocenters. The normalized spacial score (nSPS) is 16.7. The zero-order valence-corrected chi connectivity index (χ0v) is 16.8. The van der Waals surface area contributed by atoms with E-state index >= 15 is 0 Å². The Bertz CT molecular complexity index is 810. The molecular formula is C19H24F3N5O3. The van der Waals surface area contributed by atoms with E-state index in [0.717, 1.165) is 12.1 Å². The van der Waals surface area contributed by atoms with Gasteiger partial charge < -0.3 is 25.2 Å². The average Bonchev–Trinajstić information content (AvgIpc) is 2.72. The number of ether oxygens (including phenoxy) is 1. The fourth-order valence-electron chi connectivity index (χ4n) is 3.19. The number of benzene rings is 1. The molecule has 2 N–H and O–H groups in total. The molecule has 0 saturated carbocycles. The van der Waals surface area contributed by atoms with Crippen LogP contribution in [-0.4, -0.2) is 69.3 Å². The molecule has 0 radical (unpaired) electrons. The molecule has 0 aromatic heterocycles. The van der Waals surface area contributed by atoms with Crippen molar-refractivity contribution in [2.24, 2.45) is 0 Å². The number of carbonyl (C=O) groups excluding carboxylic acids is 2. The summed E-state index contributed by atoms with van der Waals surface area (Å²) in [6.45, 7) is 3.05. The Balaban J connectivity index is 2.28. The second-order valence-electron chi connectivity index (χ2n) is 6.61. The number of methoxy groups -OCH3 is 1. The van der Waals surface area contributed by atoms with Crippen molar-refractivity contribution < 1.29 is 27.5 Å². The van der Waals surface area contributed by atoms with Crippen molar-refractivity contribution >= 4 is 17.6 Å². The Hall–Kier alpha value is -3.00. The molecule has 1 aromatic rings. The Morgan fingerprint density at radius 2 is 2.03 bits per heavy atom. The predicted molar refractivity (Wildman–Crippen MR) is 103 cm³/mol. The molecular weight excluding hydrogens is 403 g/mol. The van der Waals surface area contributed by atoms with Gasteiger partial charge in [-0.15, -0.1) is 0 Å². The highest BCUT2D eigenvalue weighted by molar-refractivity contribution is 5.88. The minimum Gasteiger partial charge on any atom is -0.383 e. The minimum atomic E-state index is -4.68. The number of halogens is 3. The monoisotopic (exact) mass is 427 g/mol. The van der Waals surface area contributed by atoms with Crippen LogP contribution in [0.1, 0.15) is 18.1 Å². The van der Waals surface area contributed by atoms with E-state index in [1.54, 1.807) is 17.9 Å². The number of carbonyl (C=O) groups is 2. The molecule has 1 unspecified atom stereocenters. The van der Waals surface area contributed by atoms with Crippen molar-refractivity contribution in [3.8, 4) is 6.07 Å². The van der Waals surface area contributed by atoms with E-state index in [2.05, 4.69) is 10.6 Å². The number of alkyl halides is 3. The number of hydrogen-bond acceptors (Lipinski definition) is 5. The summed E-state index contributed by atoms with van der Waals surface area (Å²) in [5.41, 5.74) is -1.28. The van der Waals surface area contributed by atoms with Crippen molar-refractivity contribution in [2.45, 2.75) is 19.1 Å². The summed E-state index contributed by atoms with van der Waals surface area (Å²) in [6.07, 6.45) is -4.68. The van der Waals surface area contributed by atoms with Gasteiger partial charge in [-0.2, -0.15) is 18.4 Å². The second-order valence-corrected chi connectivity index (χ2v) is 6.61. The van der Waals surface area contributed by atoms with Gasteiger partial charge in [0.15, 0.2) is 0 Å². The molecule has 1 heterocycles. The molecule has 1 aliphatic heterocycles. The van der Waals surface area contributed by atoms with Crippen LogP contribution in [0.15, 0.2) is 18.2 Å². The summed E-state index contributed by atoms with van der Waals surface area (Å²) >= 11 is 0. The van der Waals surface area contributed by atoms with E-state index in [0.29, 0.717) is 6.54 Å². The van der Waals surface area contributed by atoms with Crippen molar-refractivity contribution in [3.63, 3.8) is 0 Å². The molecule has 30 heavy (non-hydrogen) atoms. The Labute approximate surface area is 172 Å². The molecule has 0 bridgehead atoms. The number of amides is 3. The third-order valence-electron chi connectivity index (χ3n) is 4.67. The predicted octanol–water partition coefficient (Wildman–Crippen LogP) is 1.56. The summed E-state index contributed by atoms with van der Waals surface area (Å²) in [5.74, 6) is -0.423. The first-order valence-corrected chi connectivity index (χ1v) is 9.40. The van der Waals surface area contributed by atoms with Crippen LogP contribution in [0.2, 0.25) is 0 Å². The van der Waals surface area contributed by atoms with Crippen molar-refractivity contribution in [1.82, 2.24) is 15.5 Å². The Kier molecular flexibility index (Phi) is 7.88. The molecule has 11 heteroatoms. The number of rotatable bonds is 6. The lowest BCUT2D eigenvalue weighted by Crippen LogP contribution is -2.62. The summed E-state index contributed by atoms with van der Waals surface area (Å²) in [7, 11) is 1.48. The number of nitrogens with one attached hydrogen (secondary N) is 2. The third kappa shape index (κ3) is 5.54. The van der Waals surface area contributed by atoms with Gasteiger partial charge in [0.1, 0.15) is 6.04 Å². The number of nitriles is 1. The fraction of sp³-hybridized carbons (Fsp3) is 0.526. The zero-order valence-electron chi connectivity index (χ0n) is 16.8. The molecule has 1 fully saturated rings. The summed E-state index contributed by atoms with van der Waals surface area (Å²) in [4.78, 5) is 28.0. The van der Waals surface area contributed by atoms with Gasteiger partial charge in [0, 0.05) is 45.5 Å². The van der Waals surface area contributed by atoms with Crippen LogP contribution in [0.25, 0.3) is 0 Å². The lowest BCUT2D eigenvalue weighted by atomic mass is 10.0. The van der Waals surface area contributed by atoms with E-state index < -0.39 is 35.3 Å². The maximum atomic E-state index is 13.3. The van der Waals surface area contributed by atoms with Gasteiger partial charge in [-0.3, -0.25) is 4.79 Å². The molecule has 1 saturated heterocycles. The molecule has 1 aromatic carbocycles. The third-order valence-corrected chi connectivity index (χ3v) is 4.67. The fourth-order valence-corrected chi connectivity index (χ4v) is 3.19. The first kappa shape index (κ1) is 23.3. The van der Waals surface area contributed by atoms with Crippen molar-refractivity contribution in [2.75, 3.05) is 51.3 Å². The lowest BCUT2D eigenvalue weighted by Gasteiger charge is -2.41. The molecule has 2 rings (SSSR count). The van der Waals surface area contributed by atoms with Gasteiger partial charge >= 0.3 is 12.2 Å². The summed E-state index contributed by atoms with van der Waals surface area (Å²) in [6, 6.07) is 3.66. The van der Waals surface area contributed by atoms with Gasteiger partial charge in [0.25, 0.3) is 0 Å². The quantitative estimate of drug-likeness (QED) is 0.672. The van der Waals surface area contributed by atoms with Crippen LogP contribution < -0.4 is 15.5 Å². The lowest BCUT2D eigenvalue weighted by molar-refractivity contribution is -0.137. The first-order valence-electron chi connectivity index (χ1n) is 9.40. The van der Waals surface area contributed by atoms with Gasteiger partial charge in [-0.05, 0) is 25.1 Å². The van der Waals surface area contributed by atoms with Gasteiger partial charge in [-0.25, -0.2) is 4.79 Å². The maximum Gasteiger partial charge on any atom is 0.417 e. The molecule has 0 spiro atoms. The minimum absolute atomic E-state index is 0.0130. The number of anilines is 1. The van der Waals surface area contributed by atoms with Crippen LogP contribution in [0.3, 0.4) is 0 Å². The van der Waals surface area contributed by atoms with Crippen LogP contribution >= 0.6 is 0 Å². The molecule has 1 aliphatic rings. The average molecular weight is 427 g/mol. The smallest absolute Gasteiger partial charge is 0.383 e. The topological polar surface area (TPSA) is 97.7 Å². The van der Waals surface area contributed by atoms with Gasteiger partial charge in [-0.1, -0.05) is 0 Å². The van der Waals surface area contributed by atoms with Crippen LogP contribution in [0.5, 0.6) is 0 Å². The molecule has 8 nitrogen and oxygen atoms in total. The Morgan fingerprint density at radius 1 is 1.30 bits per heavy atom. The van der Waals surface area contributed by atoms with Gasteiger partial charge in [0.05, 0.1) is 23.8 Å². The molecule has 164 valence electrons. The Morgan fingerprint density at radius 3 is 2.63 bits per heavy atom. The largest absolute Gasteiger partial charge is 0.417 e. The number of hydrogen-bond donors (Lipinski definition) is 2. The first-order chi connectivity index (χ1) is 14.2. The van der Waals surface area contributed by atoms with E-state index in [-0.39, 0.29) is 38.5 Å². The maximum absolute atomic E-state index is 13.3. The standard InChI is InChI=1S/C19H24F3N5O3/c1-3-24-18(29)27-8-7-26(12-16(27)17(28)25-6-9-30-2)14-5-4-13(11-23)15(10-14)19(20,21)22/h4-5,10,16H,3,6-9,12H2,1-2H3,(H,24,29)(H,25,28). The van der Waals surface area contributed by atoms with Crippen LogP contribution in [0.4, 0.5) is 23.7 Å². The van der Waals surface area contributed by atoms with E-state index in [1.807, 2.05) is 0 Å². The zero-order chi connectivity index (χ0) is 22.3. The number of piperazine rings is 1. The van der Waals surface area contributed by atoms with Crippen molar-refractivity contribution in [1.29, 1.82) is 5.26 Å². The molecule has 0 aliphatic carbocycles. The molecule has 3 amide bonds. The SMILES string of the molecule is CCNC(=O)N1CCN(c2ccc(C#N)c(C(F)(F)F)c2)CC1C(=O)NCCOC. The highest BCUT2D eigenvalue weighted by Crippen LogP contribution is 2.34. The summed E-state index contributed by atoms with van der Waals surface area (Å²) in [5, 5.41) is 14.3. The highest BCUT2D eigenvalue weighted by atomic mass is 19.4. The van der Waals surface area contributed by atoms with Crippen LogP contribution in [0, 0.1) is 11.3 Å². The number of urea groups is 1. The van der Waals surface area contributed by atoms with E-state index in [9.17, 15) is 22.8 Å². The van der Waals surface area contributed by atoms with Crippen molar-refractivity contribution in [3.05, 3.63) is 29.3 Å². The van der Waals surface area contributed by atoms with E-state index in [4.69, 9.17) is 10.00 Å². The second kappa shape index (κ2) is 10.2. The van der Waals surface area contributed by atoms with E-state index in [1.165, 1.54) is 18.1 Å².